The third kappa shape index (κ3) is 3.20. The van der Waals surface area contributed by atoms with Crippen LogP contribution in [0, 0.1) is 0 Å². The quantitative estimate of drug-likeness (QED) is 0.735. The summed E-state index contributed by atoms with van der Waals surface area (Å²) in [6.07, 6.45) is 1.31. The lowest BCUT2D eigenvalue weighted by molar-refractivity contribution is 0.285. The molecule has 2 aromatic heterocycles. The number of halogens is 1. The Morgan fingerprint density at radius 2 is 2.37 bits per heavy atom. The molecule has 0 aliphatic carbocycles. The van der Waals surface area contributed by atoms with Crippen LogP contribution >= 0.6 is 27.3 Å². The second-order valence-electron chi connectivity index (χ2n) is 3.72. The smallest absolute Gasteiger partial charge is 0.243 e. The summed E-state index contributed by atoms with van der Waals surface area (Å²) in [5, 5.41) is 15.3. The summed E-state index contributed by atoms with van der Waals surface area (Å²) >= 11 is 4.36. The zero-order chi connectivity index (χ0) is 14.0. The van der Waals surface area contributed by atoms with Crippen LogP contribution in [0.15, 0.2) is 21.1 Å². The number of nitrogens with one attached hydrogen (secondary N) is 2. The first kappa shape index (κ1) is 14.6. The standard InChI is InChI=1S/C9H11BrN4O3S2/c1-5(9-11-4-12-13-9)14-19(16,17)7-2-6(3-15)18-8(7)10/h2,4-5,14-15H,3H2,1H3,(H,11,12,13). The Morgan fingerprint density at radius 3 is 2.89 bits per heavy atom. The number of thiophene rings is 1. The maximum Gasteiger partial charge on any atom is 0.243 e. The molecule has 0 bridgehead atoms. The van der Waals surface area contributed by atoms with Crippen molar-refractivity contribution in [3.05, 3.63) is 26.9 Å². The van der Waals surface area contributed by atoms with Crippen LogP contribution in [0.1, 0.15) is 23.7 Å². The number of H-pyrrole nitrogens is 1. The van der Waals surface area contributed by atoms with Gasteiger partial charge in [0.05, 0.1) is 16.4 Å². The van der Waals surface area contributed by atoms with E-state index in [0.717, 1.165) is 0 Å². The fourth-order valence-corrected chi connectivity index (χ4v) is 5.18. The van der Waals surface area contributed by atoms with Gasteiger partial charge in [-0.2, -0.15) is 5.10 Å². The number of hydrogen-bond donors (Lipinski definition) is 3. The van der Waals surface area contributed by atoms with Crippen LogP contribution in [0.3, 0.4) is 0 Å². The van der Waals surface area contributed by atoms with Gasteiger partial charge in [0.1, 0.15) is 17.0 Å². The van der Waals surface area contributed by atoms with E-state index in [2.05, 4.69) is 35.8 Å². The molecule has 2 aromatic rings. The van der Waals surface area contributed by atoms with E-state index in [1.807, 2.05) is 0 Å². The second-order valence-corrected chi connectivity index (χ2v) is 7.86. The predicted molar refractivity (Wildman–Crippen MR) is 73.1 cm³/mol. The van der Waals surface area contributed by atoms with Gasteiger partial charge >= 0.3 is 0 Å². The molecule has 2 rings (SSSR count). The lowest BCUT2D eigenvalue weighted by Gasteiger charge is -2.10. The molecular formula is C9H11BrN4O3S2. The van der Waals surface area contributed by atoms with E-state index in [1.54, 1.807) is 6.92 Å². The van der Waals surface area contributed by atoms with E-state index in [0.29, 0.717) is 14.5 Å². The second kappa shape index (κ2) is 5.67. The van der Waals surface area contributed by atoms with Crippen LogP contribution in [0.25, 0.3) is 0 Å². The average Bonchev–Trinajstić information content (AvgIpc) is 2.96. The number of rotatable bonds is 5. The minimum atomic E-state index is -3.69. The van der Waals surface area contributed by atoms with Crippen molar-refractivity contribution in [2.75, 3.05) is 0 Å². The highest BCUT2D eigenvalue weighted by molar-refractivity contribution is 9.11. The highest BCUT2D eigenvalue weighted by atomic mass is 79.9. The van der Waals surface area contributed by atoms with E-state index < -0.39 is 16.1 Å². The number of nitrogens with zero attached hydrogens (tertiary/aromatic N) is 2. The molecular weight excluding hydrogens is 356 g/mol. The maximum absolute atomic E-state index is 12.2. The van der Waals surface area contributed by atoms with Crippen LogP contribution in [0.5, 0.6) is 0 Å². The van der Waals surface area contributed by atoms with Crippen LogP contribution in [-0.2, 0) is 16.6 Å². The Balaban J connectivity index is 2.25. The fourth-order valence-electron chi connectivity index (χ4n) is 1.43. The van der Waals surface area contributed by atoms with Crippen molar-refractivity contribution in [3.8, 4) is 0 Å². The van der Waals surface area contributed by atoms with Crippen molar-refractivity contribution in [1.82, 2.24) is 19.9 Å². The number of sulfonamides is 1. The van der Waals surface area contributed by atoms with E-state index in [9.17, 15) is 8.42 Å². The molecule has 0 aliphatic heterocycles. The molecule has 10 heteroatoms. The Bertz CT molecular complexity index is 653. The number of aromatic nitrogens is 3. The average molecular weight is 367 g/mol. The zero-order valence-corrected chi connectivity index (χ0v) is 13.0. The van der Waals surface area contributed by atoms with Gasteiger partial charge in [-0.3, -0.25) is 5.10 Å². The molecule has 1 unspecified atom stereocenters. The lowest BCUT2D eigenvalue weighted by Crippen LogP contribution is -2.27. The largest absolute Gasteiger partial charge is 0.391 e. The topological polar surface area (TPSA) is 108 Å². The van der Waals surface area contributed by atoms with E-state index in [-0.39, 0.29) is 11.5 Å². The normalized spacial score (nSPS) is 13.6. The molecule has 2 heterocycles. The molecule has 3 N–H and O–H groups in total. The van der Waals surface area contributed by atoms with Gasteiger partial charge in [0.25, 0.3) is 0 Å². The number of aliphatic hydroxyl groups excluding tert-OH is 1. The molecule has 0 aromatic carbocycles. The molecule has 0 fully saturated rings. The van der Waals surface area contributed by atoms with Gasteiger partial charge in [-0.25, -0.2) is 18.1 Å². The first-order valence-corrected chi connectivity index (χ1v) is 8.30. The molecule has 104 valence electrons. The number of aliphatic hydroxyl groups is 1. The Labute approximate surface area is 122 Å². The zero-order valence-electron chi connectivity index (χ0n) is 9.79. The van der Waals surface area contributed by atoms with Crippen molar-refractivity contribution < 1.29 is 13.5 Å². The summed E-state index contributed by atoms with van der Waals surface area (Å²) in [4.78, 5) is 4.57. The van der Waals surface area contributed by atoms with Crippen molar-refractivity contribution in [1.29, 1.82) is 0 Å². The predicted octanol–water partition coefficient (Wildman–Crippen LogP) is 1.16. The van der Waals surface area contributed by atoms with Crippen molar-refractivity contribution >= 4 is 37.3 Å². The first-order valence-electron chi connectivity index (χ1n) is 5.20. The Kier molecular flexibility index (Phi) is 4.36. The monoisotopic (exact) mass is 366 g/mol. The van der Waals surface area contributed by atoms with Crippen molar-refractivity contribution in [2.45, 2.75) is 24.5 Å². The first-order chi connectivity index (χ1) is 8.94. The molecule has 0 spiro atoms. The highest BCUT2D eigenvalue weighted by Crippen LogP contribution is 2.32. The summed E-state index contributed by atoms with van der Waals surface area (Å²) in [5.74, 6) is 0.428. The van der Waals surface area contributed by atoms with Gasteiger partial charge in [0, 0.05) is 4.88 Å². The molecule has 7 nitrogen and oxygen atoms in total. The molecule has 0 aliphatic rings. The summed E-state index contributed by atoms with van der Waals surface area (Å²) in [6.45, 7) is 1.46. The third-order valence-electron chi connectivity index (χ3n) is 2.33. The highest BCUT2D eigenvalue weighted by Gasteiger charge is 2.24. The van der Waals surface area contributed by atoms with E-state index in [1.165, 1.54) is 23.7 Å². The van der Waals surface area contributed by atoms with E-state index in [4.69, 9.17) is 5.11 Å². The summed E-state index contributed by atoms with van der Waals surface area (Å²) < 4.78 is 27.4. The minimum Gasteiger partial charge on any atom is -0.391 e. The molecule has 0 radical (unpaired) electrons. The van der Waals surface area contributed by atoms with E-state index >= 15 is 0 Å². The summed E-state index contributed by atoms with van der Waals surface area (Å²) in [5.41, 5.74) is 0. The lowest BCUT2D eigenvalue weighted by atomic mass is 10.3. The fraction of sp³-hybridized carbons (Fsp3) is 0.333. The van der Waals surface area contributed by atoms with Crippen molar-refractivity contribution in [2.24, 2.45) is 0 Å². The van der Waals surface area contributed by atoms with Gasteiger partial charge < -0.3 is 5.11 Å². The van der Waals surface area contributed by atoms with Gasteiger partial charge in [-0.05, 0) is 28.9 Å². The third-order valence-corrected chi connectivity index (χ3v) is 6.11. The van der Waals surface area contributed by atoms with Crippen LogP contribution < -0.4 is 4.72 Å². The Hall–Kier alpha value is -0.810. The molecule has 0 amide bonds. The summed E-state index contributed by atoms with van der Waals surface area (Å²) in [6, 6.07) is 0.904. The maximum atomic E-state index is 12.2. The SMILES string of the molecule is CC(NS(=O)(=O)c1cc(CO)sc1Br)c1ncn[nH]1. The van der Waals surface area contributed by atoms with Gasteiger partial charge in [0.2, 0.25) is 10.0 Å². The molecule has 0 saturated carbocycles. The molecule has 19 heavy (non-hydrogen) atoms. The van der Waals surface area contributed by atoms with Crippen LogP contribution in [0.4, 0.5) is 0 Å². The Morgan fingerprint density at radius 1 is 1.63 bits per heavy atom. The van der Waals surface area contributed by atoms with Gasteiger partial charge in [0.15, 0.2) is 0 Å². The van der Waals surface area contributed by atoms with Crippen LogP contribution in [0.2, 0.25) is 0 Å². The van der Waals surface area contributed by atoms with Gasteiger partial charge in [-0.15, -0.1) is 11.3 Å². The minimum absolute atomic E-state index is 0.105. The number of aromatic amines is 1. The van der Waals surface area contributed by atoms with Crippen LogP contribution in [-0.4, -0.2) is 28.7 Å². The molecule has 1 atom stereocenters. The van der Waals surface area contributed by atoms with Crippen molar-refractivity contribution in [3.63, 3.8) is 0 Å². The molecule has 0 saturated heterocycles. The number of hydrogen-bond acceptors (Lipinski definition) is 6. The summed E-state index contributed by atoms with van der Waals surface area (Å²) in [7, 11) is -3.69. The van der Waals surface area contributed by atoms with Gasteiger partial charge in [-0.1, -0.05) is 0 Å².